The normalized spacial score (nSPS) is 16.4. The Bertz CT molecular complexity index is 1250. The number of rotatable bonds is 5. The van der Waals surface area contributed by atoms with Gasteiger partial charge in [-0.05, 0) is 75.4 Å². The van der Waals surface area contributed by atoms with Crippen LogP contribution in [0.3, 0.4) is 0 Å². The SMILES string of the molecule is O=C(Cn1c(CN2CCCC2)nc2sc3c(c2c1=O)CCCC3)Nc1ccc(Cl)cc1F. The summed E-state index contributed by atoms with van der Waals surface area (Å²) in [7, 11) is 0. The van der Waals surface area contributed by atoms with E-state index in [9.17, 15) is 14.0 Å². The monoisotopic (exact) mass is 474 g/mol. The van der Waals surface area contributed by atoms with E-state index in [2.05, 4.69) is 10.2 Å². The van der Waals surface area contributed by atoms with Gasteiger partial charge in [0.2, 0.25) is 5.91 Å². The van der Waals surface area contributed by atoms with Crippen LogP contribution in [-0.4, -0.2) is 33.4 Å². The van der Waals surface area contributed by atoms with Gasteiger partial charge in [-0.1, -0.05) is 11.6 Å². The smallest absolute Gasteiger partial charge is 0.263 e. The molecule has 1 aromatic carbocycles. The molecule has 6 nitrogen and oxygen atoms in total. The second-order valence-corrected chi connectivity index (χ2v) is 9.99. The summed E-state index contributed by atoms with van der Waals surface area (Å²) >= 11 is 7.41. The van der Waals surface area contributed by atoms with Gasteiger partial charge in [0.25, 0.3) is 5.56 Å². The Morgan fingerprint density at radius 3 is 2.75 bits per heavy atom. The van der Waals surface area contributed by atoms with Crippen molar-refractivity contribution >= 4 is 44.7 Å². The fraction of sp³-hybridized carbons (Fsp3) is 0.435. The van der Waals surface area contributed by atoms with Crippen molar-refractivity contribution in [3.63, 3.8) is 0 Å². The topological polar surface area (TPSA) is 67.2 Å². The van der Waals surface area contributed by atoms with Crippen molar-refractivity contribution in [1.29, 1.82) is 0 Å². The molecule has 0 saturated carbocycles. The first-order valence-electron chi connectivity index (χ1n) is 11.0. The molecule has 9 heteroatoms. The van der Waals surface area contributed by atoms with Crippen LogP contribution in [0.25, 0.3) is 10.2 Å². The second-order valence-electron chi connectivity index (χ2n) is 8.47. The molecule has 1 N–H and O–H groups in total. The van der Waals surface area contributed by atoms with Gasteiger partial charge in [0.1, 0.15) is 23.0 Å². The highest BCUT2D eigenvalue weighted by Gasteiger charge is 2.24. The number of thiophene rings is 1. The maximum atomic E-state index is 14.1. The van der Waals surface area contributed by atoms with Crippen LogP contribution in [0.15, 0.2) is 23.0 Å². The van der Waals surface area contributed by atoms with Gasteiger partial charge in [0.05, 0.1) is 17.6 Å². The van der Waals surface area contributed by atoms with E-state index in [1.54, 1.807) is 11.3 Å². The number of amides is 1. The average molecular weight is 475 g/mol. The summed E-state index contributed by atoms with van der Waals surface area (Å²) < 4.78 is 15.6. The Morgan fingerprint density at radius 1 is 1.19 bits per heavy atom. The van der Waals surface area contributed by atoms with Gasteiger partial charge < -0.3 is 5.32 Å². The maximum absolute atomic E-state index is 14.1. The molecule has 168 valence electrons. The summed E-state index contributed by atoms with van der Waals surface area (Å²) in [6, 6.07) is 4.07. The first kappa shape index (κ1) is 21.6. The molecule has 0 spiro atoms. The van der Waals surface area contributed by atoms with E-state index in [1.807, 2.05) is 0 Å². The highest BCUT2D eigenvalue weighted by Crippen LogP contribution is 2.34. The summed E-state index contributed by atoms with van der Waals surface area (Å²) in [5, 5.41) is 3.47. The zero-order valence-corrected chi connectivity index (χ0v) is 19.2. The Balaban J connectivity index is 1.52. The highest BCUT2D eigenvalue weighted by molar-refractivity contribution is 7.18. The lowest BCUT2D eigenvalue weighted by Crippen LogP contribution is -2.34. The van der Waals surface area contributed by atoms with Crippen molar-refractivity contribution < 1.29 is 9.18 Å². The van der Waals surface area contributed by atoms with Crippen molar-refractivity contribution in [2.24, 2.45) is 0 Å². The number of nitrogens with one attached hydrogen (secondary N) is 1. The predicted molar refractivity (Wildman–Crippen MR) is 125 cm³/mol. The number of hydrogen-bond donors (Lipinski definition) is 1. The third-order valence-electron chi connectivity index (χ3n) is 6.22. The fourth-order valence-corrected chi connectivity index (χ4v) is 6.06. The van der Waals surface area contributed by atoms with Crippen LogP contribution in [0.5, 0.6) is 0 Å². The molecule has 3 aromatic rings. The van der Waals surface area contributed by atoms with Gasteiger partial charge in [-0.25, -0.2) is 9.37 Å². The van der Waals surface area contributed by atoms with E-state index in [0.29, 0.717) is 17.8 Å². The van der Waals surface area contributed by atoms with Crippen molar-refractivity contribution in [2.75, 3.05) is 18.4 Å². The molecule has 0 atom stereocenters. The third-order valence-corrected chi connectivity index (χ3v) is 7.65. The fourth-order valence-electron chi connectivity index (χ4n) is 4.63. The number of likely N-dealkylation sites (tertiary alicyclic amines) is 1. The van der Waals surface area contributed by atoms with Crippen LogP contribution in [0.1, 0.15) is 41.9 Å². The number of aromatic nitrogens is 2. The van der Waals surface area contributed by atoms with Crippen LogP contribution >= 0.6 is 22.9 Å². The van der Waals surface area contributed by atoms with E-state index in [-0.39, 0.29) is 22.8 Å². The summed E-state index contributed by atoms with van der Waals surface area (Å²) in [5.74, 6) is -0.494. The molecule has 2 aliphatic rings. The average Bonchev–Trinajstić information content (AvgIpc) is 3.40. The summed E-state index contributed by atoms with van der Waals surface area (Å²) in [6.45, 7) is 2.22. The van der Waals surface area contributed by atoms with Crippen molar-refractivity contribution in [3.8, 4) is 0 Å². The van der Waals surface area contributed by atoms with Crippen LogP contribution in [-0.2, 0) is 30.7 Å². The molecule has 1 aliphatic carbocycles. The first-order valence-corrected chi connectivity index (χ1v) is 12.2. The van der Waals surface area contributed by atoms with Crippen molar-refractivity contribution in [3.05, 3.63) is 55.7 Å². The first-order chi connectivity index (χ1) is 15.5. The van der Waals surface area contributed by atoms with Crippen LogP contribution < -0.4 is 10.9 Å². The molecular weight excluding hydrogens is 451 g/mol. The molecule has 32 heavy (non-hydrogen) atoms. The number of halogens is 2. The molecular formula is C23H24ClFN4O2S. The Labute approximate surface area is 194 Å². The number of hydrogen-bond acceptors (Lipinski definition) is 5. The van der Waals surface area contributed by atoms with E-state index in [1.165, 1.54) is 21.6 Å². The molecule has 1 aliphatic heterocycles. The van der Waals surface area contributed by atoms with Crippen LogP contribution in [0.2, 0.25) is 5.02 Å². The zero-order chi connectivity index (χ0) is 22.2. The minimum atomic E-state index is -0.615. The quantitative estimate of drug-likeness (QED) is 0.596. The lowest BCUT2D eigenvalue weighted by molar-refractivity contribution is -0.116. The minimum Gasteiger partial charge on any atom is -0.322 e. The van der Waals surface area contributed by atoms with Gasteiger partial charge in [-0.2, -0.15) is 0 Å². The number of benzene rings is 1. The van der Waals surface area contributed by atoms with Gasteiger partial charge in [0, 0.05) is 9.90 Å². The molecule has 0 unspecified atom stereocenters. The Morgan fingerprint density at radius 2 is 1.97 bits per heavy atom. The molecule has 1 amide bonds. The molecule has 1 fully saturated rings. The van der Waals surface area contributed by atoms with Gasteiger partial charge >= 0.3 is 0 Å². The Kier molecular flexibility index (Phi) is 6.01. The number of carbonyl (C=O) groups is 1. The van der Waals surface area contributed by atoms with E-state index >= 15 is 0 Å². The van der Waals surface area contributed by atoms with Gasteiger partial charge in [-0.3, -0.25) is 19.1 Å². The van der Waals surface area contributed by atoms with E-state index in [0.717, 1.165) is 68.1 Å². The molecule has 2 aromatic heterocycles. The van der Waals surface area contributed by atoms with E-state index < -0.39 is 11.7 Å². The lowest BCUT2D eigenvalue weighted by atomic mass is 9.97. The third kappa shape index (κ3) is 4.19. The zero-order valence-electron chi connectivity index (χ0n) is 17.6. The minimum absolute atomic E-state index is 0.0375. The number of anilines is 1. The number of aryl methyl sites for hydroxylation is 2. The molecule has 0 radical (unpaired) electrons. The van der Waals surface area contributed by atoms with Gasteiger partial charge in [0.15, 0.2) is 0 Å². The lowest BCUT2D eigenvalue weighted by Gasteiger charge is -2.18. The summed E-state index contributed by atoms with van der Waals surface area (Å²) in [4.78, 5) is 35.5. The number of fused-ring (bicyclic) bond motifs is 3. The summed E-state index contributed by atoms with van der Waals surface area (Å²) in [5.41, 5.74) is 0.963. The maximum Gasteiger partial charge on any atom is 0.263 e. The number of carbonyl (C=O) groups excluding carboxylic acids is 1. The van der Waals surface area contributed by atoms with Crippen molar-refractivity contribution in [2.45, 2.75) is 51.6 Å². The second kappa shape index (κ2) is 8.92. The standard InChI is InChI=1S/C23H24ClFN4O2S/c24-14-7-8-17(16(25)11-14)26-20(30)13-29-19(12-28-9-3-4-10-28)27-22-21(23(29)31)15-5-1-2-6-18(15)32-22/h7-8,11H,1-6,9-10,12-13H2,(H,26,30). The Hall–Kier alpha value is -2.29. The predicted octanol–water partition coefficient (Wildman–Crippen LogP) is 4.36. The van der Waals surface area contributed by atoms with Crippen molar-refractivity contribution in [1.82, 2.24) is 14.5 Å². The molecule has 3 heterocycles. The van der Waals surface area contributed by atoms with Crippen LogP contribution in [0.4, 0.5) is 10.1 Å². The summed E-state index contributed by atoms with van der Waals surface area (Å²) in [6.07, 6.45) is 6.29. The molecule has 5 rings (SSSR count). The van der Waals surface area contributed by atoms with Gasteiger partial charge in [-0.15, -0.1) is 11.3 Å². The number of nitrogens with zero attached hydrogens (tertiary/aromatic N) is 3. The largest absolute Gasteiger partial charge is 0.322 e. The van der Waals surface area contributed by atoms with E-state index in [4.69, 9.17) is 16.6 Å². The molecule has 1 saturated heterocycles. The van der Waals surface area contributed by atoms with Crippen LogP contribution in [0, 0.1) is 5.82 Å². The molecule has 0 bridgehead atoms. The highest BCUT2D eigenvalue weighted by atomic mass is 35.5.